The maximum atomic E-state index is 10.6. The van der Waals surface area contributed by atoms with Crippen LogP contribution >= 0.6 is 0 Å². The standard InChI is InChI=1S/C13H11N3O3/c17-13-6-4-11(5-7-13)15-14-9-10-2-1-3-12(8-10)16(18)19/h1-9,15,17H/b14-9+. The molecule has 0 saturated heterocycles. The molecule has 0 fully saturated rings. The molecule has 0 aromatic heterocycles. The Hall–Kier alpha value is -2.89. The molecule has 6 heteroatoms. The van der Waals surface area contributed by atoms with Gasteiger partial charge in [0.1, 0.15) is 5.75 Å². The SMILES string of the molecule is O=[N+]([O-])c1cccc(/C=N/Nc2ccc(O)cc2)c1. The fraction of sp³-hybridized carbons (Fsp3) is 0. The minimum Gasteiger partial charge on any atom is -0.508 e. The summed E-state index contributed by atoms with van der Waals surface area (Å²) in [5, 5.41) is 23.7. The monoisotopic (exact) mass is 257 g/mol. The summed E-state index contributed by atoms with van der Waals surface area (Å²) in [5.74, 6) is 0.174. The molecule has 6 nitrogen and oxygen atoms in total. The minimum absolute atomic E-state index is 0.0218. The molecule has 0 aliphatic rings. The van der Waals surface area contributed by atoms with Gasteiger partial charge in [-0.1, -0.05) is 12.1 Å². The number of benzene rings is 2. The lowest BCUT2D eigenvalue weighted by molar-refractivity contribution is -0.384. The molecular formula is C13H11N3O3. The molecule has 0 atom stereocenters. The summed E-state index contributed by atoms with van der Waals surface area (Å²) in [5.41, 5.74) is 4.11. The summed E-state index contributed by atoms with van der Waals surface area (Å²) < 4.78 is 0. The van der Waals surface area contributed by atoms with Crippen molar-refractivity contribution in [2.45, 2.75) is 0 Å². The average Bonchev–Trinajstić information content (AvgIpc) is 2.41. The molecule has 0 heterocycles. The van der Waals surface area contributed by atoms with Crippen molar-refractivity contribution in [2.24, 2.45) is 5.10 Å². The Morgan fingerprint density at radius 2 is 1.95 bits per heavy atom. The van der Waals surface area contributed by atoms with E-state index < -0.39 is 4.92 Å². The second-order valence-electron chi connectivity index (χ2n) is 3.77. The van der Waals surface area contributed by atoms with Crippen LogP contribution in [0.4, 0.5) is 11.4 Å². The van der Waals surface area contributed by atoms with Crippen LogP contribution in [0, 0.1) is 10.1 Å². The van der Waals surface area contributed by atoms with E-state index >= 15 is 0 Å². The lowest BCUT2D eigenvalue weighted by Crippen LogP contribution is -1.92. The predicted octanol–water partition coefficient (Wildman–Crippen LogP) is 2.75. The second-order valence-corrected chi connectivity index (χ2v) is 3.77. The largest absolute Gasteiger partial charge is 0.508 e. The number of nitrogens with one attached hydrogen (secondary N) is 1. The minimum atomic E-state index is -0.454. The molecule has 2 aromatic carbocycles. The first kappa shape index (κ1) is 12.6. The second kappa shape index (κ2) is 5.63. The molecule has 19 heavy (non-hydrogen) atoms. The molecule has 2 rings (SSSR count). The van der Waals surface area contributed by atoms with Crippen LogP contribution in [0.15, 0.2) is 53.6 Å². The first-order valence-electron chi connectivity index (χ1n) is 5.48. The van der Waals surface area contributed by atoms with Gasteiger partial charge < -0.3 is 5.11 Å². The lowest BCUT2D eigenvalue weighted by Gasteiger charge is -1.99. The molecule has 0 spiro atoms. The summed E-state index contributed by atoms with van der Waals surface area (Å²) in [7, 11) is 0. The van der Waals surface area contributed by atoms with E-state index in [1.54, 1.807) is 24.3 Å². The molecular weight excluding hydrogens is 246 g/mol. The Kier molecular flexibility index (Phi) is 3.72. The van der Waals surface area contributed by atoms with Gasteiger partial charge in [-0.15, -0.1) is 0 Å². The third kappa shape index (κ3) is 3.53. The van der Waals surface area contributed by atoms with Crippen molar-refractivity contribution in [1.82, 2.24) is 0 Å². The van der Waals surface area contributed by atoms with Crippen LogP contribution in [0.25, 0.3) is 0 Å². The van der Waals surface area contributed by atoms with Gasteiger partial charge in [-0.3, -0.25) is 15.5 Å². The van der Waals surface area contributed by atoms with Crippen molar-refractivity contribution in [3.8, 4) is 5.75 Å². The van der Waals surface area contributed by atoms with Crippen molar-refractivity contribution in [2.75, 3.05) is 5.43 Å². The van der Waals surface area contributed by atoms with Crippen molar-refractivity contribution < 1.29 is 10.0 Å². The van der Waals surface area contributed by atoms with E-state index in [4.69, 9.17) is 5.11 Å². The van der Waals surface area contributed by atoms with E-state index in [-0.39, 0.29) is 11.4 Å². The van der Waals surface area contributed by atoms with E-state index in [2.05, 4.69) is 10.5 Å². The molecule has 0 radical (unpaired) electrons. The summed E-state index contributed by atoms with van der Waals surface area (Å²) in [6.07, 6.45) is 1.49. The summed E-state index contributed by atoms with van der Waals surface area (Å²) in [6, 6.07) is 12.6. The third-order valence-corrected chi connectivity index (χ3v) is 2.36. The van der Waals surface area contributed by atoms with Crippen LogP contribution in [0.2, 0.25) is 0 Å². The van der Waals surface area contributed by atoms with Crippen molar-refractivity contribution in [3.63, 3.8) is 0 Å². The Bertz CT molecular complexity index is 609. The molecule has 2 N–H and O–H groups in total. The van der Waals surface area contributed by atoms with E-state index in [0.29, 0.717) is 11.3 Å². The quantitative estimate of drug-likeness (QED) is 0.381. The molecule has 0 amide bonds. The number of hydrogen-bond donors (Lipinski definition) is 2. The number of phenolic OH excluding ortho intramolecular Hbond substituents is 1. The number of nitro groups is 1. The highest BCUT2D eigenvalue weighted by Crippen LogP contribution is 2.14. The number of rotatable bonds is 4. The summed E-state index contributed by atoms with van der Waals surface area (Å²) in [4.78, 5) is 10.1. The van der Waals surface area contributed by atoms with Gasteiger partial charge >= 0.3 is 0 Å². The number of phenols is 1. The van der Waals surface area contributed by atoms with Crippen LogP contribution in [-0.2, 0) is 0 Å². The lowest BCUT2D eigenvalue weighted by atomic mass is 10.2. The van der Waals surface area contributed by atoms with E-state index in [9.17, 15) is 10.1 Å². The number of non-ortho nitro benzene ring substituents is 1. The summed E-state index contributed by atoms with van der Waals surface area (Å²) >= 11 is 0. The van der Waals surface area contributed by atoms with Gasteiger partial charge in [0.25, 0.3) is 5.69 Å². The van der Waals surface area contributed by atoms with Crippen LogP contribution in [-0.4, -0.2) is 16.2 Å². The maximum Gasteiger partial charge on any atom is 0.270 e. The van der Waals surface area contributed by atoms with Crippen molar-refractivity contribution in [1.29, 1.82) is 0 Å². The van der Waals surface area contributed by atoms with Gasteiger partial charge in [0.15, 0.2) is 0 Å². The van der Waals surface area contributed by atoms with E-state index in [0.717, 1.165) is 0 Å². The third-order valence-electron chi connectivity index (χ3n) is 2.36. The molecule has 0 aliphatic carbocycles. The molecule has 0 unspecified atom stereocenters. The van der Waals surface area contributed by atoms with Gasteiger partial charge in [0.05, 0.1) is 16.8 Å². The van der Waals surface area contributed by atoms with Gasteiger partial charge in [0, 0.05) is 17.7 Å². The smallest absolute Gasteiger partial charge is 0.270 e. The average molecular weight is 257 g/mol. The zero-order valence-electron chi connectivity index (χ0n) is 9.85. The molecule has 96 valence electrons. The molecule has 0 saturated carbocycles. The highest BCUT2D eigenvalue weighted by molar-refractivity contribution is 5.81. The summed E-state index contributed by atoms with van der Waals surface area (Å²) in [6.45, 7) is 0. The Balaban J connectivity index is 2.04. The maximum absolute atomic E-state index is 10.6. The number of nitrogens with zero attached hydrogens (tertiary/aromatic N) is 2. The van der Waals surface area contributed by atoms with E-state index in [1.165, 1.54) is 30.5 Å². The van der Waals surface area contributed by atoms with Crippen LogP contribution in [0.3, 0.4) is 0 Å². The zero-order valence-corrected chi connectivity index (χ0v) is 9.85. The van der Waals surface area contributed by atoms with Crippen LogP contribution in [0.1, 0.15) is 5.56 Å². The Morgan fingerprint density at radius 3 is 2.63 bits per heavy atom. The van der Waals surface area contributed by atoms with Crippen molar-refractivity contribution >= 4 is 17.6 Å². The topological polar surface area (TPSA) is 87.8 Å². The van der Waals surface area contributed by atoms with Crippen LogP contribution < -0.4 is 5.43 Å². The number of hydrazone groups is 1. The van der Waals surface area contributed by atoms with Gasteiger partial charge in [-0.25, -0.2) is 0 Å². The Morgan fingerprint density at radius 1 is 1.21 bits per heavy atom. The fourth-order valence-corrected chi connectivity index (χ4v) is 1.44. The fourth-order valence-electron chi connectivity index (χ4n) is 1.44. The van der Waals surface area contributed by atoms with Crippen LogP contribution in [0.5, 0.6) is 5.75 Å². The molecule has 0 aliphatic heterocycles. The number of hydrogen-bond acceptors (Lipinski definition) is 5. The molecule has 0 bridgehead atoms. The normalized spacial score (nSPS) is 10.5. The van der Waals surface area contributed by atoms with Gasteiger partial charge in [-0.05, 0) is 24.3 Å². The predicted molar refractivity (Wildman–Crippen MR) is 72.4 cm³/mol. The van der Waals surface area contributed by atoms with Gasteiger partial charge in [0.2, 0.25) is 0 Å². The number of aromatic hydroxyl groups is 1. The van der Waals surface area contributed by atoms with Crippen molar-refractivity contribution in [3.05, 3.63) is 64.2 Å². The Labute approximate surface area is 109 Å². The number of nitro benzene ring substituents is 1. The first-order valence-corrected chi connectivity index (χ1v) is 5.48. The molecule has 2 aromatic rings. The van der Waals surface area contributed by atoms with Gasteiger partial charge in [-0.2, -0.15) is 5.10 Å². The number of anilines is 1. The highest BCUT2D eigenvalue weighted by atomic mass is 16.6. The highest BCUT2D eigenvalue weighted by Gasteiger charge is 2.03. The zero-order chi connectivity index (χ0) is 13.7. The first-order chi connectivity index (χ1) is 9.15. The van der Waals surface area contributed by atoms with E-state index in [1.807, 2.05) is 0 Å².